The van der Waals surface area contributed by atoms with Gasteiger partial charge in [-0.25, -0.2) is 0 Å². The van der Waals surface area contributed by atoms with Crippen molar-refractivity contribution in [2.45, 2.75) is 25.9 Å². The van der Waals surface area contributed by atoms with Crippen LogP contribution >= 0.6 is 11.8 Å². The summed E-state index contributed by atoms with van der Waals surface area (Å²) in [6.07, 6.45) is 3.10. The van der Waals surface area contributed by atoms with Crippen molar-refractivity contribution in [1.29, 1.82) is 0 Å². The third-order valence-electron chi connectivity index (χ3n) is 3.41. The minimum absolute atomic E-state index is 0.349. The number of hydrogen-bond donors (Lipinski definition) is 1. The van der Waals surface area contributed by atoms with Crippen LogP contribution in [0.25, 0.3) is 0 Å². The van der Waals surface area contributed by atoms with E-state index in [9.17, 15) is 0 Å². The zero-order valence-electron chi connectivity index (χ0n) is 10.8. The molecule has 0 radical (unpaired) electrons. The lowest BCUT2D eigenvalue weighted by molar-refractivity contribution is 0.357. The Labute approximate surface area is 107 Å². The first-order chi connectivity index (χ1) is 8.31. The molecule has 1 fully saturated rings. The van der Waals surface area contributed by atoms with Crippen molar-refractivity contribution in [3.63, 3.8) is 0 Å². The molecule has 0 saturated carbocycles. The highest BCUT2D eigenvalue weighted by molar-refractivity contribution is 7.99. The van der Waals surface area contributed by atoms with Gasteiger partial charge in [-0.05, 0) is 37.8 Å². The van der Waals surface area contributed by atoms with E-state index in [2.05, 4.69) is 17.3 Å². The van der Waals surface area contributed by atoms with Crippen LogP contribution in [0.4, 0.5) is 0 Å². The lowest BCUT2D eigenvalue weighted by atomic mass is 9.96. The molecule has 2 atom stereocenters. The minimum Gasteiger partial charge on any atom is -0.493 e. The maximum Gasteiger partial charge on any atom is 0.161 e. The lowest BCUT2D eigenvalue weighted by Gasteiger charge is -2.24. The van der Waals surface area contributed by atoms with Crippen molar-refractivity contribution < 1.29 is 4.74 Å². The van der Waals surface area contributed by atoms with E-state index in [0.717, 1.165) is 12.3 Å². The molecule has 0 aromatic carbocycles. The van der Waals surface area contributed by atoms with Gasteiger partial charge in [0.1, 0.15) is 0 Å². The van der Waals surface area contributed by atoms with Gasteiger partial charge in [0.2, 0.25) is 0 Å². The summed E-state index contributed by atoms with van der Waals surface area (Å²) in [6, 6.07) is 0.349. The normalized spacial score (nSPS) is 21.7. The van der Waals surface area contributed by atoms with Crippen molar-refractivity contribution >= 4 is 11.8 Å². The van der Waals surface area contributed by atoms with Crippen LogP contribution in [0.15, 0.2) is 6.20 Å². The molecule has 1 N–H and O–H groups in total. The summed E-state index contributed by atoms with van der Waals surface area (Å²) < 4.78 is 7.48. The Morgan fingerprint density at radius 2 is 2.53 bits per heavy atom. The number of methoxy groups -OCH3 is 1. The quantitative estimate of drug-likeness (QED) is 0.872. The molecule has 0 amide bonds. The fourth-order valence-electron chi connectivity index (χ4n) is 2.51. The van der Waals surface area contributed by atoms with Crippen LogP contribution < -0.4 is 10.1 Å². The number of thioether (sulfide) groups is 1. The second kappa shape index (κ2) is 5.78. The standard InChI is InChI=1S/C12H21N3OS/c1-4-15-12(10(16-3)7-14-15)11(13-2)9-5-6-17-8-9/h7,9,11,13H,4-6,8H2,1-3H3. The van der Waals surface area contributed by atoms with Crippen LogP contribution in [0, 0.1) is 5.92 Å². The predicted molar refractivity (Wildman–Crippen MR) is 71.7 cm³/mol. The Morgan fingerprint density at radius 3 is 3.06 bits per heavy atom. The molecule has 1 saturated heterocycles. The Hall–Kier alpha value is -0.680. The van der Waals surface area contributed by atoms with Crippen LogP contribution in [0.5, 0.6) is 5.75 Å². The van der Waals surface area contributed by atoms with Gasteiger partial charge in [0.25, 0.3) is 0 Å². The first kappa shape index (κ1) is 12.8. The maximum atomic E-state index is 5.44. The number of ether oxygens (including phenoxy) is 1. The Kier molecular flexibility index (Phi) is 4.34. The first-order valence-corrected chi connectivity index (χ1v) is 7.32. The number of aromatic nitrogens is 2. The second-order valence-corrected chi connectivity index (χ2v) is 5.45. The fourth-order valence-corrected chi connectivity index (χ4v) is 3.81. The van der Waals surface area contributed by atoms with Gasteiger partial charge in [-0.15, -0.1) is 0 Å². The first-order valence-electron chi connectivity index (χ1n) is 6.16. The maximum absolute atomic E-state index is 5.44. The minimum atomic E-state index is 0.349. The number of nitrogens with one attached hydrogen (secondary N) is 1. The van der Waals surface area contributed by atoms with Gasteiger partial charge in [-0.1, -0.05) is 0 Å². The van der Waals surface area contributed by atoms with Gasteiger partial charge in [0, 0.05) is 6.54 Å². The van der Waals surface area contributed by atoms with Crippen LogP contribution in [0.1, 0.15) is 25.1 Å². The molecule has 2 rings (SSSR count). The molecular formula is C12H21N3OS. The number of rotatable bonds is 5. The highest BCUT2D eigenvalue weighted by Gasteiger charge is 2.30. The Morgan fingerprint density at radius 1 is 1.71 bits per heavy atom. The summed E-state index contributed by atoms with van der Waals surface area (Å²) in [5, 5.41) is 7.83. The molecule has 1 aliphatic heterocycles. The zero-order valence-corrected chi connectivity index (χ0v) is 11.6. The largest absolute Gasteiger partial charge is 0.493 e. The van der Waals surface area contributed by atoms with E-state index in [1.807, 2.05) is 29.7 Å². The van der Waals surface area contributed by atoms with Gasteiger partial charge < -0.3 is 10.1 Å². The molecule has 0 aliphatic carbocycles. The SMILES string of the molecule is CCn1ncc(OC)c1C(NC)C1CCSC1. The molecule has 17 heavy (non-hydrogen) atoms. The van der Waals surface area contributed by atoms with E-state index in [4.69, 9.17) is 4.74 Å². The lowest BCUT2D eigenvalue weighted by Crippen LogP contribution is -2.28. The third-order valence-corrected chi connectivity index (χ3v) is 4.59. The summed E-state index contributed by atoms with van der Waals surface area (Å²) in [6.45, 7) is 3.00. The summed E-state index contributed by atoms with van der Waals surface area (Å²) in [7, 11) is 3.75. The van der Waals surface area contributed by atoms with Crippen molar-refractivity contribution in [1.82, 2.24) is 15.1 Å². The summed E-state index contributed by atoms with van der Waals surface area (Å²) in [5.74, 6) is 4.08. The predicted octanol–water partition coefficient (Wildman–Crippen LogP) is 1.93. The van der Waals surface area contributed by atoms with Crippen LogP contribution in [-0.4, -0.2) is 35.4 Å². The number of aryl methyl sites for hydroxylation is 1. The zero-order chi connectivity index (χ0) is 12.3. The summed E-state index contributed by atoms with van der Waals surface area (Å²) >= 11 is 2.04. The molecule has 0 spiro atoms. The molecule has 1 aliphatic rings. The molecule has 96 valence electrons. The highest BCUT2D eigenvalue weighted by Crippen LogP contribution is 2.37. The monoisotopic (exact) mass is 255 g/mol. The summed E-state index contributed by atoms with van der Waals surface area (Å²) in [5.41, 5.74) is 1.20. The number of hydrogen-bond acceptors (Lipinski definition) is 4. The summed E-state index contributed by atoms with van der Waals surface area (Å²) in [4.78, 5) is 0. The van der Waals surface area contributed by atoms with Crippen molar-refractivity contribution in [2.24, 2.45) is 5.92 Å². The molecule has 2 unspecified atom stereocenters. The van der Waals surface area contributed by atoms with Crippen molar-refractivity contribution in [2.75, 3.05) is 25.7 Å². The molecule has 4 nitrogen and oxygen atoms in total. The van der Waals surface area contributed by atoms with Crippen LogP contribution in [0.2, 0.25) is 0 Å². The molecule has 1 aromatic heterocycles. The van der Waals surface area contributed by atoms with E-state index in [1.165, 1.54) is 23.6 Å². The van der Waals surface area contributed by atoms with E-state index < -0.39 is 0 Å². The fraction of sp³-hybridized carbons (Fsp3) is 0.750. The average molecular weight is 255 g/mol. The van der Waals surface area contributed by atoms with Crippen molar-refractivity contribution in [3.8, 4) is 5.75 Å². The second-order valence-electron chi connectivity index (χ2n) is 4.30. The van der Waals surface area contributed by atoms with Gasteiger partial charge >= 0.3 is 0 Å². The molecule has 5 heteroatoms. The van der Waals surface area contributed by atoms with E-state index in [-0.39, 0.29) is 0 Å². The smallest absolute Gasteiger partial charge is 0.161 e. The number of nitrogens with zero attached hydrogens (tertiary/aromatic N) is 2. The van der Waals surface area contributed by atoms with E-state index in [1.54, 1.807) is 7.11 Å². The Balaban J connectivity index is 2.30. The van der Waals surface area contributed by atoms with E-state index in [0.29, 0.717) is 12.0 Å². The third kappa shape index (κ3) is 2.45. The van der Waals surface area contributed by atoms with Gasteiger partial charge in [0.15, 0.2) is 5.75 Å². The molecule has 1 aromatic rings. The van der Waals surface area contributed by atoms with Gasteiger partial charge in [-0.3, -0.25) is 4.68 Å². The molecule has 0 bridgehead atoms. The van der Waals surface area contributed by atoms with Gasteiger partial charge in [-0.2, -0.15) is 16.9 Å². The Bertz CT molecular complexity index is 339. The van der Waals surface area contributed by atoms with Crippen molar-refractivity contribution in [3.05, 3.63) is 11.9 Å². The van der Waals surface area contributed by atoms with Crippen LogP contribution in [-0.2, 0) is 6.54 Å². The van der Waals surface area contributed by atoms with Crippen LogP contribution in [0.3, 0.4) is 0 Å². The molecular weight excluding hydrogens is 234 g/mol. The molecule has 2 heterocycles. The van der Waals surface area contributed by atoms with Gasteiger partial charge in [0.05, 0.1) is 25.0 Å². The van der Waals surface area contributed by atoms with E-state index >= 15 is 0 Å². The average Bonchev–Trinajstić information content (AvgIpc) is 2.99. The highest BCUT2D eigenvalue weighted by atomic mass is 32.2. The topological polar surface area (TPSA) is 39.1 Å².